The molecule has 1 saturated carbocycles. The Labute approximate surface area is 96.8 Å². The Kier molecular flexibility index (Phi) is 4.34. The third-order valence-electron chi connectivity index (χ3n) is 3.27. The molecule has 1 N–H and O–H groups in total. The van der Waals surface area contributed by atoms with Gasteiger partial charge in [-0.05, 0) is 25.8 Å². The molecule has 1 aromatic heterocycles. The lowest BCUT2D eigenvalue weighted by atomic mass is 9.97. The summed E-state index contributed by atoms with van der Waals surface area (Å²) < 4.78 is 5.58. The quantitative estimate of drug-likeness (QED) is 0.796. The van der Waals surface area contributed by atoms with Gasteiger partial charge >= 0.3 is 0 Å². The van der Waals surface area contributed by atoms with Crippen LogP contribution in [0.4, 0.5) is 0 Å². The Hall–Kier alpha value is -0.900. The fourth-order valence-electron chi connectivity index (χ4n) is 2.41. The van der Waals surface area contributed by atoms with Crippen LogP contribution >= 0.6 is 0 Å². The zero-order chi connectivity index (χ0) is 11.2. The summed E-state index contributed by atoms with van der Waals surface area (Å²) in [4.78, 5) is 0. The molecule has 90 valence electrons. The van der Waals surface area contributed by atoms with Crippen molar-refractivity contribution in [2.75, 3.05) is 7.05 Å². The van der Waals surface area contributed by atoms with E-state index < -0.39 is 0 Å². The van der Waals surface area contributed by atoms with Crippen molar-refractivity contribution in [3.05, 3.63) is 11.8 Å². The molecule has 0 unspecified atom stereocenters. The summed E-state index contributed by atoms with van der Waals surface area (Å²) in [5.41, 5.74) is 0. The minimum Gasteiger partial charge on any atom is -0.424 e. The predicted octanol–water partition coefficient (Wildman–Crippen LogP) is 2.30. The van der Waals surface area contributed by atoms with E-state index in [4.69, 9.17) is 4.42 Å². The molecule has 4 nitrogen and oxygen atoms in total. The highest BCUT2D eigenvalue weighted by Crippen LogP contribution is 2.25. The van der Waals surface area contributed by atoms with Gasteiger partial charge in [-0.3, -0.25) is 0 Å². The van der Waals surface area contributed by atoms with E-state index in [-0.39, 0.29) is 0 Å². The lowest BCUT2D eigenvalue weighted by Gasteiger charge is -2.10. The molecular weight excluding hydrogens is 202 g/mol. The molecule has 1 aliphatic carbocycles. The van der Waals surface area contributed by atoms with Gasteiger partial charge in [0.15, 0.2) is 0 Å². The highest BCUT2D eigenvalue weighted by atomic mass is 16.4. The molecule has 1 aliphatic rings. The molecule has 0 atom stereocenters. The van der Waals surface area contributed by atoms with Gasteiger partial charge in [0.05, 0.1) is 6.54 Å². The van der Waals surface area contributed by atoms with Crippen molar-refractivity contribution in [2.24, 2.45) is 5.92 Å². The van der Waals surface area contributed by atoms with Gasteiger partial charge in [-0.15, -0.1) is 10.2 Å². The normalized spacial score (nSPS) is 18.6. The number of aromatic nitrogens is 2. The molecule has 0 aromatic carbocycles. The summed E-state index contributed by atoms with van der Waals surface area (Å²) in [5.74, 6) is 2.27. The van der Waals surface area contributed by atoms with Gasteiger partial charge in [0, 0.05) is 6.42 Å². The molecule has 1 heterocycles. The van der Waals surface area contributed by atoms with Crippen LogP contribution in [0.1, 0.15) is 50.3 Å². The Morgan fingerprint density at radius 1 is 1.12 bits per heavy atom. The van der Waals surface area contributed by atoms with Crippen LogP contribution in [0.3, 0.4) is 0 Å². The van der Waals surface area contributed by atoms with Crippen molar-refractivity contribution in [1.82, 2.24) is 15.5 Å². The number of rotatable bonds is 4. The monoisotopic (exact) mass is 223 g/mol. The molecule has 0 radical (unpaired) electrons. The maximum atomic E-state index is 5.58. The second-order valence-electron chi connectivity index (χ2n) is 4.68. The van der Waals surface area contributed by atoms with E-state index in [1.807, 2.05) is 7.05 Å². The van der Waals surface area contributed by atoms with Gasteiger partial charge < -0.3 is 9.73 Å². The van der Waals surface area contributed by atoms with E-state index in [0.29, 0.717) is 12.4 Å². The third-order valence-corrected chi connectivity index (χ3v) is 3.27. The standard InChI is InChI=1S/C12H21N3O/c1-13-9-12-15-14-11(16-12)8-10-6-4-2-3-5-7-10/h10,13H,2-9H2,1H3. The van der Waals surface area contributed by atoms with Gasteiger partial charge in [-0.2, -0.15) is 0 Å². The van der Waals surface area contributed by atoms with E-state index >= 15 is 0 Å². The molecule has 4 heteroatoms. The highest BCUT2D eigenvalue weighted by Gasteiger charge is 2.16. The van der Waals surface area contributed by atoms with Crippen LogP contribution in [0.2, 0.25) is 0 Å². The zero-order valence-electron chi connectivity index (χ0n) is 10.0. The molecule has 0 bridgehead atoms. The first-order valence-corrected chi connectivity index (χ1v) is 6.34. The SMILES string of the molecule is CNCc1nnc(CC2CCCCCC2)o1. The van der Waals surface area contributed by atoms with Crippen molar-refractivity contribution in [3.63, 3.8) is 0 Å². The summed E-state index contributed by atoms with van der Waals surface area (Å²) in [5, 5.41) is 11.1. The number of nitrogens with one attached hydrogen (secondary N) is 1. The molecule has 1 fully saturated rings. The Balaban J connectivity index is 1.86. The smallest absolute Gasteiger partial charge is 0.230 e. The van der Waals surface area contributed by atoms with Crippen LogP contribution < -0.4 is 5.32 Å². The fraction of sp³-hybridized carbons (Fsp3) is 0.833. The summed E-state index contributed by atoms with van der Waals surface area (Å²) in [7, 11) is 1.88. The van der Waals surface area contributed by atoms with E-state index in [2.05, 4.69) is 15.5 Å². The van der Waals surface area contributed by atoms with Crippen LogP contribution in [0.5, 0.6) is 0 Å². The van der Waals surface area contributed by atoms with Crippen LogP contribution in [0.15, 0.2) is 4.42 Å². The van der Waals surface area contributed by atoms with Crippen molar-refractivity contribution in [3.8, 4) is 0 Å². The largest absolute Gasteiger partial charge is 0.424 e. The van der Waals surface area contributed by atoms with Crippen LogP contribution in [0.25, 0.3) is 0 Å². The summed E-state index contributed by atoms with van der Waals surface area (Å²) in [6.07, 6.45) is 9.13. The average Bonchev–Trinajstić information content (AvgIpc) is 2.56. The lowest BCUT2D eigenvalue weighted by Crippen LogP contribution is -2.05. The maximum absolute atomic E-state index is 5.58. The number of hydrogen-bond acceptors (Lipinski definition) is 4. The van der Waals surface area contributed by atoms with Crippen molar-refractivity contribution >= 4 is 0 Å². The van der Waals surface area contributed by atoms with Crippen LogP contribution in [-0.2, 0) is 13.0 Å². The molecular formula is C12H21N3O. The second-order valence-corrected chi connectivity index (χ2v) is 4.68. The Morgan fingerprint density at radius 2 is 1.81 bits per heavy atom. The molecule has 0 saturated heterocycles. The molecule has 1 aromatic rings. The Morgan fingerprint density at radius 3 is 2.50 bits per heavy atom. The minimum absolute atomic E-state index is 0.664. The van der Waals surface area contributed by atoms with E-state index in [0.717, 1.165) is 18.2 Å². The van der Waals surface area contributed by atoms with E-state index in [1.54, 1.807) is 0 Å². The zero-order valence-corrected chi connectivity index (χ0v) is 10.0. The molecule has 0 amide bonds. The van der Waals surface area contributed by atoms with Crippen molar-refractivity contribution in [2.45, 2.75) is 51.5 Å². The average molecular weight is 223 g/mol. The summed E-state index contributed by atoms with van der Waals surface area (Å²) >= 11 is 0. The van der Waals surface area contributed by atoms with Crippen molar-refractivity contribution in [1.29, 1.82) is 0 Å². The van der Waals surface area contributed by atoms with Crippen molar-refractivity contribution < 1.29 is 4.42 Å². The van der Waals surface area contributed by atoms with E-state index in [1.165, 1.54) is 38.5 Å². The second kappa shape index (κ2) is 5.99. The first-order valence-electron chi connectivity index (χ1n) is 6.34. The first-order chi connectivity index (χ1) is 7.88. The van der Waals surface area contributed by atoms with E-state index in [9.17, 15) is 0 Å². The van der Waals surface area contributed by atoms with Gasteiger partial charge in [0.1, 0.15) is 0 Å². The highest BCUT2D eigenvalue weighted by molar-refractivity contribution is 4.84. The molecule has 2 rings (SSSR count). The van der Waals surface area contributed by atoms with Gasteiger partial charge in [-0.25, -0.2) is 0 Å². The van der Waals surface area contributed by atoms with Gasteiger partial charge in [0.2, 0.25) is 11.8 Å². The minimum atomic E-state index is 0.664. The molecule has 0 spiro atoms. The van der Waals surface area contributed by atoms with Gasteiger partial charge in [-0.1, -0.05) is 25.7 Å². The lowest BCUT2D eigenvalue weighted by molar-refractivity contribution is 0.377. The Bertz CT molecular complexity index is 303. The third kappa shape index (κ3) is 3.30. The maximum Gasteiger partial charge on any atom is 0.230 e. The topological polar surface area (TPSA) is 51.0 Å². The van der Waals surface area contributed by atoms with Crippen LogP contribution in [0, 0.1) is 5.92 Å². The summed E-state index contributed by atoms with van der Waals surface area (Å²) in [6.45, 7) is 0.664. The fourth-order valence-corrected chi connectivity index (χ4v) is 2.41. The van der Waals surface area contributed by atoms with Gasteiger partial charge in [0.25, 0.3) is 0 Å². The first kappa shape index (κ1) is 11.6. The number of hydrogen-bond donors (Lipinski definition) is 1. The molecule has 0 aliphatic heterocycles. The predicted molar refractivity (Wildman–Crippen MR) is 62.0 cm³/mol. The number of nitrogens with zero attached hydrogens (tertiary/aromatic N) is 2. The van der Waals surface area contributed by atoms with Crippen LogP contribution in [-0.4, -0.2) is 17.2 Å². The summed E-state index contributed by atoms with van der Waals surface area (Å²) in [6, 6.07) is 0. The molecule has 16 heavy (non-hydrogen) atoms.